The molecule has 0 bridgehead atoms. The van der Waals surface area contributed by atoms with E-state index in [0.29, 0.717) is 9.90 Å². The van der Waals surface area contributed by atoms with E-state index in [-0.39, 0.29) is 0 Å². The Labute approximate surface area is 135 Å². The Bertz CT molecular complexity index is 704. The zero-order valence-corrected chi connectivity index (χ0v) is 14.0. The van der Waals surface area contributed by atoms with Gasteiger partial charge in [0.25, 0.3) is 10.0 Å². The normalized spacial score (nSPS) is 16.7. The van der Waals surface area contributed by atoms with Gasteiger partial charge in [-0.2, -0.15) is 0 Å². The molecule has 118 valence electrons. The molecule has 2 aromatic heterocycles. The topological polar surface area (TPSA) is 62.3 Å². The van der Waals surface area contributed by atoms with E-state index in [2.05, 4.69) is 21.5 Å². The van der Waals surface area contributed by atoms with Gasteiger partial charge in [0.1, 0.15) is 10.0 Å². The second-order valence-electron chi connectivity index (χ2n) is 5.61. The van der Waals surface area contributed by atoms with Crippen molar-refractivity contribution in [2.45, 2.75) is 24.0 Å². The molecule has 3 heterocycles. The van der Waals surface area contributed by atoms with Gasteiger partial charge in [-0.25, -0.2) is 13.4 Å². The van der Waals surface area contributed by atoms with E-state index in [1.165, 1.54) is 24.2 Å². The Hall–Kier alpha value is -1.60. The zero-order valence-electron chi connectivity index (χ0n) is 12.4. The smallest absolute Gasteiger partial charge is 0.271 e. The molecule has 1 aliphatic rings. The van der Waals surface area contributed by atoms with Crippen molar-refractivity contribution >= 4 is 32.9 Å². The SMILES string of the molecule is CC1CCN(c2ccc(NS(=O)(=O)c3cccs3)cn2)CC1. The summed E-state index contributed by atoms with van der Waals surface area (Å²) in [7, 11) is -3.50. The van der Waals surface area contributed by atoms with Crippen molar-refractivity contribution in [2.24, 2.45) is 5.92 Å². The lowest BCUT2D eigenvalue weighted by Gasteiger charge is -2.31. The third-order valence-corrected chi connectivity index (χ3v) is 6.65. The molecule has 0 amide bonds. The lowest BCUT2D eigenvalue weighted by Crippen LogP contribution is -2.33. The number of anilines is 2. The number of thiophene rings is 1. The predicted molar refractivity (Wildman–Crippen MR) is 90.0 cm³/mol. The first-order valence-electron chi connectivity index (χ1n) is 7.32. The van der Waals surface area contributed by atoms with Crippen molar-refractivity contribution in [2.75, 3.05) is 22.7 Å². The second-order valence-corrected chi connectivity index (χ2v) is 8.47. The molecular formula is C15H19N3O2S2. The van der Waals surface area contributed by atoms with E-state index in [1.54, 1.807) is 29.8 Å². The molecule has 1 fully saturated rings. The number of nitrogens with zero attached hydrogens (tertiary/aromatic N) is 2. The summed E-state index contributed by atoms with van der Waals surface area (Å²) >= 11 is 1.20. The average molecular weight is 337 g/mol. The number of hydrogen-bond donors (Lipinski definition) is 1. The van der Waals surface area contributed by atoms with Gasteiger partial charge >= 0.3 is 0 Å². The van der Waals surface area contributed by atoms with Gasteiger partial charge in [-0.05, 0) is 42.3 Å². The van der Waals surface area contributed by atoms with Gasteiger partial charge in [0.05, 0.1) is 11.9 Å². The van der Waals surface area contributed by atoms with E-state index < -0.39 is 10.0 Å². The summed E-state index contributed by atoms with van der Waals surface area (Å²) in [6.45, 7) is 4.29. The molecule has 7 heteroatoms. The van der Waals surface area contributed by atoms with Crippen molar-refractivity contribution in [1.82, 2.24) is 4.98 Å². The number of piperidine rings is 1. The van der Waals surface area contributed by atoms with Crippen LogP contribution in [0, 0.1) is 5.92 Å². The van der Waals surface area contributed by atoms with E-state index in [9.17, 15) is 8.42 Å². The molecule has 22 heavy (non-hydrogen) atoms. The Balaban J connectivity index is 1.70. The summed E-state index contributed by atoms with van der Waals surface area (Å²) in [4.78, 5) is 6.64. The first-order valence-corrected chi connectivity index (χ1v) is 9.68. The predicted octanol–water partition coefficient (Wildman–Crippen LogP) is 3.18. The lowest BCUT2D eigenvalue weighted by atomic mass is 9.99. The highest BCUT2D eigenvalue weighted by atomic mass is 32.2. The van der Waals surface area contributed by atoms with Gasteiger partial charge in [-0.1, -0.05) is 13.0 Å². The van der Waals surface area contributed by atoms with E-state index in [4.69, 9.17) is 0 Å². The minimum Gasteiger partial charge on any atom is -0.357 e. The Morgan fingerprint density at radius 2 is 2.05 bits per heavy atom. The highest BCUT2D eigenvalue weighted by Crippen LogP contribution is 2.24. The first kappa shape index (κ1) is 15.3. The van der Waals surface area contributed by atoms with Crippen molar-refractivity contribution in [3.05, 3.63) is 35.8 Å². The van der Waals surface area contributed by atoms with Crippen molar-refractivity contribution in [1.29, 1.82) is 0 Å². The van der Waals surface area contributed by atoms with Crippen LogP contribution in [-0.2, 0) is 10.0 Å². The summed E-state index contributed by atoms with van der Waals surface area (Å²) in [6, 6.07) is 6.95. The minimum absolute atomic E-state index is 0.307. The summed E-state index contributed by atoms with van der Waals surface area (Å²) in [6.07, 6.45) is 3.93. The first-order chi connectivity index (χ1) is 10.5. The molecule has 0 saturated carbocycles. The van der Waals surface area contributed by atoms with Crippen LogP contribution in [0.4, 0.5) is 11.5 Å². The second kappa shape index (κ2) is 6.26. The number of nitrogens with one attached hydrogen (secondary N) is 1. The molecule has 0 aliphatic carbocycles. The highest BCUT2D eigenvalue weighted by Gasteiger charge is 2.18. The Morgan fingerprint density at radius 3 is 2.64 bits per heavy atom. The standard InChI is InChI=1S/C15H19N3O2S2/c1-12-6-8-18(9-7-12)14-5-4-13(11-16-14)17-22(19,20)15-3-2-10-21-15/h2-5,10-12,17H,6-9H2,1H3. The molecule has 0 unspecified atom stereocenters. The van der Waals surface area contributed by atoms with Crippen LogP contribution in [0.5, 0.6) is 0 Å². The van der Waals surface area contributed by atoms with Crippen LogP contribution in [0.15, 0.2) is 40.1 Å². The number of pyridine rings is 1. The van der Waals surface area contributed by atoms with Gasteiger partial charge in [0, 0.05) is 13.1 Å². The largest absolute Gasteiger partial charge is 0.357 e. The van der Waals surface area contributed by atoms with Crippen LogP contribution >= 0.6 is 11.3 Å². The summed E-state index contributed by atoms with van der Waals surface area (Å²) in [5, 5.41) is 1.74. The third kappa shape index (κ3) is 3.41. The van der Waals surface area contributed by atoms with Gasteiger partial charge in [0.2, 0.25) is 0 Å². The monoisotopic (exact) mass is 337 g/mol. The maximum absolute atomic E-state index is 12.1. The molecule has 0 aromatic carbocycles. The maximum Gasteiger partial charge on any atom is 0.271 e. The number of hydrogen-bond acceptors (Lipinski definition) is 5. The fraction of sp³-hybridized carbons (Fsp3) is 0.400. The van der Waals surface area contributed by atoms with Crippen LogP contribution in [0.25, 0.3) is 0 Å². The van der Waals surface area contributed by atoms with Crippen molar-refractivity contribution in [3.63, 3.8) is 0 Å². The van der Waals surface area contributed by atoms with Crippen molar-refractivity contribution < 1.29 is 8.42 Å². The maximum atomic E-state index is 12.1. The highest BCUT2D eigenvalue weighted by molar-refractivity contribution is 7.94. The number of rotatable bonds is 4. The van der Waals surface area contributed by atoms with Gasteiger partial charge in [-0.3, -0.25) is 4.72 Å². The fourth-order valence-electron chi connectivity index (χ4n) is 2.49. The molecule has 0 spiro atoms. The molecule has 5 nitrogen and oxygen atoms in total. The van der Waals surface area contributed by atoms with Gasteiger partial charge in [-0.15, -0.1) is 11.3 Å². The molecule has 2 aromatic rings. The molecular weight excluding hydrogens is 318 g/mol. The Morgan fingerprint density at radius 1 is 1.27 bits per heavy atom. The minimum atomic E-state index is -3.50. The molecule has 0 atom stereocenters. The van der Waals surface area contributed by atoms with Crippen LogP contribution in [0.3, 0.4) is 0 Å². The number of aromatic nitrogens is 1. The summed E-state index contributed by atoms with van der Waals surface area (Å²) in [5.74, 6) is 1.68. The average Bonchev–Trinajstić information content (AvgIpc) is 3.04. The van der Waals surface area contributed by atoms with Crippen LogP contribution in [0.1, 0.15) is 19.8 Å². The Kier molecular flexibility index (Phi) is 4.35. The molecule has 1 aliphatic heterocycles. The van der Waals surface area contributed by atoms with Gasteiger partial charge < -0.3 is 4.90 Å². The summed E-state index contributed by atoms with van der Waals surface area (Å²) < 4.78 is 27.2. The molecule has 3 rings (SSSR count). The molecule has 0 radical (unpaired) electrons. The molecule has 1 saturated heterocycles. The van der Waals surface area contributed by atoms with Crippen LogP contribution < -0.4 is 9.62 Å². The summed E-state index contributed by atoms with van der Waals surface area (Å²) in [5.41, 5.74) is 0.488. The van der Waals surface area contributed by atoms with Crippen molar-refractivity contribution in [3.8, 4) is 0 Å². The van der Waals surface area contributed by atoms with Gasteiger partial charge in [0.15, 0.2) is 0 Å². The third-order valence-electron chi connectivity index (χ3n) is 3.87. The molecule has 1 N–H and O–H groups in total. The zero-order chi connectivity index (χ0) is 15.6. The van der Waals surface area contributed by atoms with Crippen LogP contribution in [-0.4, -0.2) is 26.5 Å². The fourth-order valence-corrected chi connectivity index (χ4v) is 4.53. The van der Waals surface area contributed by atoms with E-state index in [0.717, 1.165) is 24.8 Å². The van der Waals surface area contributed by atoms with E-state index in [1.807, 2.05) is 6.07 Å². The van der Waals surface area contributed by atoms with E-state index >= 15 is 0 Å². The quantitative estimate of drug-likeness (QED) is 0.931. The van der Waals surface area contributed by atoms with Crippen LogP contribution in [0.2, 0.25) is 0 Å². The number of sulfonamides is 1. The lowest BCUT2D eigenvalue weighted by molar-refractivity contribution is 0.436.